The van der Waals surface area contributed by atoms with Crippen LogP contribution in [0.25, 0.3) is 0 Å². The van der Waals surface area contributed by atoms with Crippen LogP contribution in [-0.2, 0) is 9.59 Å². The summed E-state index contributed by atoms with van der Waals surface area (Å²) >= 11 is 0. The topological polar surface area (TPSA) is 74.8 Å². The zero-order valence-electron chi connectivity index (χ0n) is 17.1. The van der Waals surface area contributed by atoms with Crippen molar-refractivity contribution in [3.8, 4) is 0 Å². The number of nitrogens with two attached hydrogens (primary N) is 1. The number of carbonyl (C=O) groups excluding carboxylic acids is 2. The largest absolute Gasteiger partial charge is 0.355 e. The van der Waals surface area contributed by atoms with Gasteiger partial charge in [0.05, 0.1) is 6.54 Å². The molecule has 1 aliphatic carbocycles. The van der Waals surface area contributed by atoms with E-state index in [1.807, 2.05) is 6.92 Å². The summed E-state index contributed by atoms with van der Waals surface area (Å²) in [4.78, 5) is 23.5. The van der Waals surface area contributed by atoms with Gasteiger partial charge in [0.1, 0.15) is 6.04 Å². The Balaban J connectivity index is 1.88. The first-order valence-electron chi connectivity index (χ1n) is 10.5. The number of hydrogen-bond acceptors (Lipinski definition) is 2. The van der Waals surface area contributed by atoms with Gasteiger partial charge in [-0.05, 0) is 31.2 Å². The summed E-state index contributed by atoms with van der Waals surface area (Å²) in [5.41, 5.74) is 2.72. The van der Waals surface area contributed by atoms with Crippen molar-refractivity contribution < 1.29 is 14.9 Å². The van der Waals surface area contributed by atoms with Gasteiger partial charge in [-0.2, -0.15) is 0 Å². The van der Waals surface area contributed by atoms with Gasteiger partial charge >= 0.3 is 0 Å². The van der Waals surface area contributed by atoms with Crippen LogP contribution in [0.1, 0.15) is 76.0 Å². The quantitative estimate of drug-likeness (QED) is 0.620. The molecule has 0 radical (unpaired) electrons. The molecule has 1 aromatic rings. The molecule has 1 saturated carbocycles. The summed E-state index contributed by atoms with van der Waals surface area (Å²) in [7, 11) is 0. The summed E-state index contributed by atoms with van der Waals surface area (Å²) < 4.78 is 0. The maximum atomic E-state index is 12.0. The van der Waals surface area contributed by atoms with Crippen LogP contribution in [0, 0.1) is 5.92 Å². The molecule has 0 unspecified atom stereocenters. The van der Waals surface area contributed by atoms with E-state index in [0.29, 0.717) is 24.9 Å². The number of hydrogen-bond donors (Lipinski definition) is 3. The predicted molar refractivity (Wildman–Crippen MR) is 108 cm³/mol. The lowest BCUT2D eigenvalue weighted by Gasteiger charge is -2.23. The van der Waals surface area contributed by atoms with E-state index in [1.165, 1.54) is 43.2 Å². The highest BCUT2D eigenvalue weighted by atomic mass is 16.2. The van der Waals surface area contributed by atoms with Crippen molar-refractivity contribution in [1.29, 1.82) is 0 Å². The molecule has 0 spiro atoms. The van der Waals surface area contributed by atoms with E-state index in [9.17, 15) is 9.59 Å². The second-order valence-electron chi connectivity index (χ2n) is 7.94. The van der Waals surface area contributed by atoms with Crippen LogP contribution in [0.5, 0.6) is 0 Å². The van der Waals surface area contributed by atoms with Crippen LogP contribution in [0.15, 0.2) is 24.3 Å². The average molecular weight is 375 g/mol. The summed E-state index contributed by atoms with van der Waals surface area (Å²) in [5, 5.41) is 7.44. The van der Waals surface area contributed by atoms with Crippen molar-refractivity contribution in [3.63, 3.8) is 0 Å². The smallest absolute Gasteiger partial charge is 0.275 e. The lowest BCUT2D eigenvalue weighted by atomic mass is 9.83. The highest BCUT2D eigenvalue weighted by Crippen LogP contribution is 2.33. The van der Waals surface area contributed by atoms with E-state index >= 15 is 0 Å². The normalized spacial score (nSPS) is 16.1. The van der Waals surface area contributed by atoms with E-state index < -0.39 is 0 Å². The second-order valence-corrected chi connectivity index (χ2v) is 7.94. The number of benzene rings is 1. The SMILES string of the molecule is CCNC(=O)CNC(=O)C[NH2+][C@H](c1ccc(C2CCCCC2)cc1)C(C)C. The van der Waals surface area contributed by atoms with Crippen molar-refractivity contribution >= 4 is 11.8 Å². The molecule has 1 fully saturated rings. The third-order valence-electron chi connectivity index (χ3n) is 5.49. The molecule has 0 bridgehead atoms. The molecular weight excluding hydrogens is 338 g/mol. The molecule has 1 aromatic carbocycles. The third-order valence-corrected chi connectivity index (χ3v) is 5.49. The number of rotatable bonds is 9. The van der Waals surface area contributed by atoms with Crippen LogP contribution in [0.3, 0.4) is 0 Å². The number of likely N-dealkylation sites (N-methyl/N-ethyl adjacent to an activating group) is 1. The molecule has 1 aliphatic rings. The first-order chi connectivity index (χ1) is 13.0. The number of nitrogens with one attached hydrogen (secondary N) is 2. The van der Waals surface area contributed by atoms with Crippen LogP contribution < -0.4 is 16.0 Å². The monoisotopic (exact) mass is 374 g/mol. The molecule has 5 heteroatoms. The highest BCUT2D eigenvalue weighted by molar-refractivity contribution is 5.84. The predicted octanol–water partition coefficient (Wildman–Crippen LogP) is 2.25. The molecule has 0 saturated heterocycles. The van der Waals surface area contributed by atoms with Crippen molar-refractivity contribution in [2.24, 2.45) is 5.92 Å². The van der Waals surface area contributed by atoms with E-state index in [1.54, 1.807) is 0 Å². The highest BCUT2D eigenvalue weighted by Gasteiger charge is 2.22. The molecule has 5 nitrogen and oxygen atoms in total. The number of amides is 2. The van der Waals surface area contributed by atoms with Crippen LogP contribution in [0.2, 0.25) is 0 Å². The Morgan fingerprint density at radius 1 is 1.04 bits per heavy atom. The molecule has 0 aromatic heterocycles. The van der Waals surface area contributed by atoms with Gasteiger partial charge in [-0.1, -0.05) is 57.4 Å². The van der Waals surface area contributed by atoms with Crippen molar-refractivity contribution in [1.82, 2.24) is 10.6 Å². The second kappa shape index (κ2) is 11.1. The third kappa shape index (κ3) is 6.98. The molecule has 4 N–H and O–H groups in total. The standard InChI is InChI=1S/C22H35N3O2/c1-4-23-20(26)14-24-21(27)15-25-22(16(2)3)19-12-10-18(11-13-19)17-8-6-5-7-9-17/h10-13,16-17,22,25H,4-9,14-15H2,1-3H3,(H,23,26)(H,24,27)/p+1/t22-/m0/s1. The van der Waals surface area contributed by atoms with Gasteiger partial charge in [-0.3, -0.25) is 9.59 Å². The maximum Gasteiger partial charge on any atom is 0.275 e. The van der Waals surface area contributed by atoms with E-state index in [-0.39, 0.29) is 24.4 Å². The summed E-state index contributed by atoms with van der Waals surface area (Å²) in [6, 6.07) is 9.27. The Bertz CT molecular complexity index is 592. The molecule has 0 aliphatic heterocycles. The Morgan fingerprint density at radius 3 is 2.30 bits per heavy atom. The van der Waals surface area contributed by atoms with Gasteiger partial charge in [-0.25, -0.2) is 0 Å². The molecule has 0 heterocycles. The molecule has 2 rings (SSSR count). The van der Waals surface area contributed by atoms with Gasteiger partial charge in [0.25, 0.3) is 5.91 Å². The van der Waals surface area contributed by atoms with Crippen LogP contribution in [0.4, 0.5) is 0 Å². The molecule has 1 atom stereocenters. The Labute approximate surface area is 163 Å². The van der Waals surface area contributed by atoms with Crippen LogP contribution >= 0.6 is 0 Å². The van der Waals surface area contributed by atoms with Gasteiger partial charge in [-0.15, -0.1) is 0 Å². The first-order valence-corrected chi connectivity index (χ1v) is 10.5. The fourth-order valence-electron chi connectivity index (χ4n) is 3.96. The Kier molecular flexibility index (Phi) is 8.79. The molecule has 27 heavy (non-hydrogen) atoms. The average Bonchev–Trinajstić information content (AvgIpc) is 2.68. The maximum absolute atomic E-state index is 12.0. The summed E-state index contributed by atoms with van der Waals surface area (Å²) in [6.45, 7) is 7.18. The minimum Gasteiger partial charge on any atom is -0.355 e. The molecular formula is C22H36N3O2+. The minimum atomic E-state index is -0.149. The van der Waals surface area contributed by atoms with Crippen molar-refractivity contribution in [2.75, 3.05) is 19.6 Å². The lowest BCUT2D eigenvalue weighted by Crippen LogP contribution is -2.88. The van der Waals surface area contributed by atoms with Gasteiger partial charge in [0, 0.05) is 18.0 Å². The minimum absolute atomic E-state index is 0.0446. The Morgan fingerprint density at radius 2 is 1.70 bits per heavy atom. The molecule has 150 valence electrons. The number of carbonyl (C=O) groups is 2. The fraction of sp³-hybridized carbons (Fsp3) is 0.636. The Hall–Kier alpha value is -1.88. The summed E-state index contributed by atoms with van der Waals surface area (Å²) in [6.07, 6.45) is 6.69. The van der Waals surface area contributed by atoms with Crippen LogP contribution in [-0.4, -0.2) is 31.4 Å². The summed E-state index contributed by atoms with van der Waals surface area (Å²) in [5.74, 6) is 0.881. The van der Waals surface area contributed by atoms with E-state index in [0.717, 1.165) is 0 Å². The van der Waals surface area contributed by atoms with E-state index in [4.69, 9.17) is 0 Å². The zero-order valence-corrected chi connectivity index (χ0v) is 17.1. The lowest BCUT2D eigenvalue weighted by molar-refractivity contribution is -0.692. The van der Waals surface area contributed by atoms with Crippen molar-refractivity contribution in [2.45, 2.75) is 64.8 Å². The fourth-order valence-corrected chi connectivity index (χ4v) is 3.96. The van der Waals surface area contributed by atoms with Gasteiger partial charge in [0.2, 0.25) is 5.91 Å². The zero-order chi connectivity index (χ0) is 19.6. The number of quaternary nitrogens is 1. The van der Waals surface area contributed by atoms with Gasteiger partial charge in [0.15, 0.2) is 6.54 Å². The van der Waals surface area contributed by atoms with Gasteiger partial charge < -0.3 is 16.0 Å². The van der Waals surface area contributed by atoms with Crippen molar-refractivity contribution in [3.05, 3.63) is 35.4 Å². The first kappa shape index (κ1) is 21.4. The van der Waals surface area contributed by atoms with E-state index in [2.05, 4.69) is 54.1 Å². The molecule has 2 amide bonds.